The number of hydrogen-bond donors (Lipinski definition) is 2. The number of benzene rings is 1. The summed E-state index contributed by atoms with van der Waals surface area (Å²) in [5.41, 5.74) is 0. The van der Waals surface area contributed by atoms with Crippen molar-refractivity contribution < 1.29 is 21.6 Å². The first-order chi connectivity index (χ1) is 8.42. The van der Waals surface area contributed by atoms with Crippen molar-refractivity contribution in [2.24, 2.45) is 0 Å². The molecule has 1 unspecified atom stereocenters. The Bertz CT molecular complexity index is 556. The van der Waals surface area contributed by atoms with E-state index in [0.717, 1.165) is 0 Å². The summed E-state index contributed by atoms with van der Waals surface area (Å²) in [7, 11) is -4.19. The van der Waals surface area contributed by atoms with Gasteiger partial charge in [-0.1, -0.05) is 0 Å². The molecule has 1 fully saturated rings. The molecule has 0 amide bonds. The van der Waals surface area contributed by atoms with Gasteiger partial charge < -0.3 is 5.32 Å². The van der Waals surface area contributed by atoms with Gasteiger partial charge in [0.15, 0.2) is 17.5 Å². The number of nitrogens with one attached hydrogen (secondary N) is 2. The number of rotatable bonds is 3. The maximum atomic E-state index is 13.4. The molecular weight excluding hydrogens is 269 g/mol. The molecule has 0 spiro atoms. The molecule has 1 aromatic rings. The van der Waals surface area contributed by atoms with E-state index in [2.05, 4.69) is 10.0 Å². The summed E-state index contributed by atoms with van der Waals surface area (Å²) in [4.78, 5) is -0.881. The van der Waals surface area contributed by atoms with Crippen LogP contribution >= 0.6 is 0 Å². The van der Waals surface area contributed by atoms with Crippen molar-refractivity contribution in [3.8, 4) is 0 Å². The molecule has 1 aromatic carbocycles. The molecule has 0 bridgehead atoms. The van der Waals surface area contributed by atoms with Crippen molar-refractivity contribution in [1.29, 1.82) is 0 Å². The molecule has 0 radical (unpaired) electrons. The fourth-order valence-electron chi connectivity index (χ4n) is 1.75. The van der Waals surface area contributed by atoms with Crippen LogP contribution in [0.4, 0.5) is 13.2 Å². The maximum Gasteiger partial charge on any atom is 0.243 e. The topological polar surface area (TPSA) is 58.2 Å². The van der Waals surface area contributed by atoms with Crippen molar-refractivity contribution in [2.45, 2.75) is 17.4 Å². The van der Waals surface area contributed by atoms with Gasteiger partial charge in [-0.15, -0.1) is 0 Å². The Labute approximate surface area is 102 Å². The Hall–Kier alpha value is -1.12. The molecule has 0 aliphatic carbocycles. The normalized spacial score (nSPS) is 20.3. The van der Waals surface area contributed by atoms with Crippen LogP contribution in [0.5, 0.6) is 0 Å². The Morgan fingerprint density at radius 1 is 1.22 bits per heavy atom. The Morgan fingerprint density at radius 2 is 1.94 bits per heavy atom. The Morgan fingerprint density at radius 3 is 2.56 bits per heavy atom. The molecule has 1 heterocycles. The largest absolute Gasteiger partial charge is 0.315 e. The molecule has 1 aliphatic heterocycles. The lowest BCUT2D eigenvalue weighted by molar-refractivity contribution is 0.431. The molecule has 0 aromatic heterocycles. The third-order valence-electron chi connectivity index (χ3n) is 2.67. The van der Waals surface area contributed by atoms with Crippen molar-refractivity contribution in [2.75, 3.05) is 13.1 Å². The van der Waals surface area contributed by atoms with Gasteiger partial charge in [0.2, 0.25) is 10.0 Å². The highest BCUT2D eigenvalue weighted by molar-refractivity contribution is 7.89. The second-order valence-corrected chi connectivity index (χ2v) is 5.67. The van der Waals surface area contributed by atoms with E-state index in [1.165, 1.54) is 0 Å². The molecule has 1 aliphatic rings. The second-order valence-electron chi connectivity index (χ2n) is 3.98. The van der Waals surface area contributed by atoms with Crippen LogP contribution < -0.4 is 10.0 Å². The average Bonchev–Trinajstić information content (AvgIpc) is 2.77. The Kier molecular flexibility index (Phi) is 3.60. The summed E-state index contributed by atoms with van der Waals surface area (Å²) in [6.07, 6.45) is 0.560. The lowest BCUT2D eigenvalue weighted by atomic mass is 10.3. The molecular formula is C10H11F3N2O2S. The molecule has 0 saturated carbocycles. The number of hydrogen-bond acceptors (Lipinski definition) is 3. The van der Waals surface area contributed by atoms with Gasteiger partial charge in [-0.2, -0.15) is 0 Å². The van der Waals surface area contributed by atoms with Crippen LogP contribution in [0.1, 0.15) is 6.42 Å². The van der Waals surface area contributed by atoms with Gasteiger partial charge in [-0.05, 0) is 25.1 Å². The van der Waals surface area contributed by atoms with Gasteiger partial charge in [-0.3, -0.25) is 0 Å². The second kappa shape index (κ2) is 4.87. The minimum Gasteiger partial charge on any atom is -0.315 e. The van der Waals surface area contributed by atoms with Crippen LogP contribution in [0.3, 0.4) is 0 Å². The van der Waals surface area contributed by atoms with Gasteiger partial charge >= 0.3 is 0 Å². The van der Waals surface area contributed by atoms with Crippen LogP contribution in [0.2, 0.25) is 0 Å². The first-order valence-electron chi connectivity index (χ1n) is 5.28. The quantitative estimate of drug-likeness (QED) is 0.803. The lowest BCUT2D eigenvalue weighted by Crippen LogP contribution is -2.36. The SMILES string of the molecule is O=S(=O)(NC1CCNC1)c1ccc(F)c(F)c1F. The van der Waals surface area contributed by atoms with E-state index >= 15 is 0 Å². The molecule has 1 saturated heterocycles. The van der Waals surface area contributed by atoms with Crippen LogP contribution in [0, 0.1) is 17.5 Å². The number of sulfonamides is 1. The van der Waals surface area contributed by atoms with Gasteiger partial charge in [0, 0.05) is 12.6 Å². The standard InChI is InChI=1S/C10H11F3N2O2S/c11-7-1-2-8(10(13)9(7)12)18(16,17)15-6-3-4-14-5-6/h1-2,6,14-15H,3-5H2. The van der Waals surface area contributed by atoms with E-state index in [1.807, 2.05) is 0 Å². The van der Waals surface area contributed by atoms with Crippen LogP contribution in [-0.4, -0.2) is 27.5 Å². The molecule has 100 valence electrons. The molecule has 2 N–H and O–H groups in total. The van der Waals surface area contributed by atoms with E-state index in [0.29, 0.717) is 31.6 Å². The highest BCUT2D eigenvalue weighted by atomic mass is 32.2. The summed E-state index contributed by atoms with van der Waals surface area (Å²) in [5, 5.41) is 2.93. The highest BCUT2D eigenvalue weighted by Crippen LogP contribution is 2.20. The minimum absolute atomic E-state index is 0.373. The van der Waals surface area contributed by atoms with Crippen LogP contribution in [0.25, 0.3) is 0 Å². The van der Waals surface area contributed by atoms with Gasteiger partial charge in [0.1, 0.15) is 4.90 Å². The van der Waals surface area contributed by atoms with E-state index in [9.17, 15) is 21.6 Å². The van der Waals surface area contributed by atoms with Crippen molar-refractivity contribution in [3.63, 3.8) is 0 Å². The van der Waals surface area contributed by atoms with Crippen molar-refractivity contribution in [1.82, 2.24) is 10.0 Å². The minimum atomic E-state index is -4.19. The molecule has 1 atom stereocenters. The van der Waals surface area contributed by atoms with Crippen molar-refractivity contribution >= 4 is 10.0 Å². The van der Waals surface area contributed by atoms with E-state index in [1.54, 1.807) is 0 Å². The van der Waals surface area contributed by atoms with Crippen molar-refractivity contribution in [3.05, 3.63) is 29.6 Å². The van der Waals surface area contributed by atoms with Gasteiger partial charge in [-0.25, -0.2) is 26.3 Å². The van der Waals surface area contributed by atoms with Crippen LogP contribution in [0.15, 0.2) is 17.0 Å². The lowest BCUT2D eigenvalue weighted by Gasteiger charge is -2.12. The zero-order valence-corrected chi connectivity index (χ0v) is 10.0. The van der Waals surface area contributed by atoms with Gasteiger partial charge in [0.25, 0.3) is 0 Å². The molecule has 8 heteroatoms. The zero-order valence-electron chi connectivity index (χ0n) is 9.21. The van der Waals surface area contributed by atoms with Crippen LogP contribution in [-0.2, 0) is 10.0 Å². The third kappa shape index (κ3) is 2.50. The zero-order chi connectivity index (χ0) is 13.3. The predicted octanol–water partition coefficient (Wildman–Crippen LogP) is 0.744. The van der Waals surface area contributed by atoms with Gasteiger partial charge in [0.05, 0.1) is 0 Å². The first kappa shape index (κ1) is 13.3. The highest BCUT2D eigenvalue weighted by Gasteiger charge is 2.27. The summed E-state index contributed by atoms with van der Waals surface area (Å²) in [5.74, 6) is -4.91. The monoisotopic (exact) mass is 280 g/mol. The molecule has 2 rings (SSSR count). The summed E-state index contributed by atoms with van der Waals surface area (Å²) in [6, 6.07) is 0.917. The van der Waals surface area contributed by atoms with E-state index in [-0.39, 0.29) is 6.04 Å². The fraction of sp³-hybridized carbons (Fsp3) is 0.400. The molecule has 4 nitrogen and oxygen atoms in total. The summed E-state index contributed by atoms with van der Waals surface area (Å²) >= 11 is 0. The van der Waals surface area contributed by atoms with E-state index in [4.69, 9.17) is 0 Å². The summed E-state index contributed by atoms with van der Waals surface area (Å²) in [6.45, 7) is 1.07. The predicted molar refractivity (Wildman–Crippen MR) is 57.9 cm³/mol. The number of halogens is 3. The maximum absolute atomic E-state index is 13.4. The average molecular weight is 280 g/mol. The first-order valence-corrected chi connectivity index (χ1v) is 6.76. The summed E-state index contributed by atoms with van der Waals surface area (Å²) < 4.78 is 64.9. The van der Waals surface area contributed by atoms with E-state index < -0.39 is 32.4 Å². The Balaban J connectivity index is 2.32. The fourth-order valence-corrected chi connectivity index (χ4v) is 3.09. The smallest absolute Gasteiger partial charge is 0.243 e. The third-order valence-corrected chi connectivity index (χ3v) is 4.21. The molecule has 18 heavy (non-hydrogen) atoms.